The van der Waals surface area contributed by atoms with Crippen LogP contribution in [0, 0.1) is 12.3 Å². The van der Waals surface area contributed by atoms with Gasteiger partial charge in [0.05, 0.1) is 0 Å². The Kier molecular flexibility index (Phi) is 3.29. The quantitative estimate of drug-likeness (QED) is 0.504. The van der Waals surface area contributed by atoms with E-state index in [0.29, 0.717) is 0 Å². The Morgan fingerprint density at radius 2 is 1.56 bits per heavy atom. The van der Waals surface area contributed by atoms with Crippen molar-refractivity contribution in [3.05, 3.63) is 32.2 Å². The van der Waals surface area contributed by atoms with Gasteiger partial charge in [-0.3, -0.25) is 0 Å². The SMILES string of the molecule is [CH2]C(C)(CC=C)CC=C. The van der Waals surface area contributed by atoms with Crippen molar-refractivity contribution in [1.82, 2.24) is 0 Å². The van der Waals surface area contributed by atoms with Gasteiger partial charge in [0.15, 0.2) is 0 Å². The largest absolute Gasteiger partial charge is 0.103 e. The van der Waals surface area contributed by atoms with Crippen molar-refractivity contribution in [2.24, 2.45) is 5.41 Å². The summed E-state index contributed by atoms with van der Waals surface area (Å²) in [7, 11) is 0. The highest BCUT2D eigenvalue weighted by Gasteiger charge is 2.12. The van der Waals surface area contributed by atoms with Crippen LogP contribution in [0.1, 0.15) is 19.8 Å². The summed E-state index contributed by atoms with van der Waals surface area (Å²) in [5.74, 6) is 0. The molecule has 0 heterocycles. The maximum Gasteiger partial charge on any atom is -0.0257 e. The van der Waals surface area contributed by atoms with E-state index in [1.54, 1.807) is 0 Å². The van der Waals surface area contributed by atoms with E-state index in [4.69, 9.17) is 0 Å². The molecule has 0 N–H and O–H groups in total. The highest BCUT2D eigenvalue weighted by Crippen LogP contribution is 2.24. The summed E-state index contributed by atoms with van der Waals surface area (Å²) >= 11 is 0. The van der Waals surface area contributed by atoms with Crippen LogP contribution in [-0.4, -0.2) is 0 Å². The van der Waals surface area contributed by atoms with E-state index in [-0.39, 0.29) is 5.41 Å². The minimum absolute atomic E-state index is 0.115. The highest BCUT2D eigenvalue weighted by atomic mass is 14.2. The number of allylic oxidation sites excluding steroid dienone is 2. The van der Waals surface area contributed by atoms with Gasteiger partial charge in [0, 0.05) is 0 Å². The lowest BCUT2D eigenvalue weighted by Gasteiger charge is -2.19. The molecule has 0 aliphatic rings. The molecule has 0 atom stereocenters. The van der Waals surface area contributed by atoms with E-state index in [9.17, 15) is 0 Å². The van der Waals surface area contributed by atoms with Crippen molar-refractivity contribution in [1.29, 1.82) is 0 Å². The first kappa shape index (κ1) is 8.48. The molecule has 0 heteroatoms. The first-order valence-corrected chi connectivity index (χ1v) is 3.19. The average Bonchev–Trinajstić information content (AvgIpc) is 1.64. The predicted molar refractivity (Wildman–Crippen MR) is 43.1 cm³/mol. The standard InChI is InChI=1S/C9H15/c1-5-7-9(3,4)8-6-2/h5-6H,1-3,7-8H2,4H3. The maximum atomic E-state index is 4.01. The van der Waals surface area contributed by atoms with Crippen LogP contribution >= 0.6 is 0 Å². The number of hydrogen-bond donors (Lipinski definition) is 0. The molecule has 0 rings (SSSR count). The summed E-state index contributed by atoms with van der Waals surface area (Å²) in [4.78, 5) is 0. The normalized spacial score (nSPS) is 10.9. The lowest BCUT2D eigenvalue weighted by Crippen LogP contribution is -2.07. The van der Waals surface area contributed by atoms with E-state index in [0.717, 1.165) is 12.8 Å². The highest BCUT2D eigenvalue weighted by molar-refractivity contribution is 4.89. The van der Waals surface area contributed by atoms with E-state index >= 15 is 0 Å². The third-order valence-corrected chi connectivity index (χ3v) is 1.27. The molecule has 0 bridgehead atoms. The molecule has 0 saturated heterocycles. The molecule has 0 amide bonds. The number of hydrogen-bond acceptors (Lipinski definition) is 0. The minimum atomic E-state index is 0.115. The smallest absolute Gasteiger partial charge is 0.0257 e. The zero-order valence-corrected chi connectivity index (χ0v) is 6.19. The molecule has 51 valence electrons. The molecular formula is C9H15. The van der Waals surface area contributed by atoms with Gasteiger partial charge in [0.2, 0.25) is 0 Å². The molecular weight excluding hydrogens is 108 g/mol. The first-order valence-electron chi connectivity index (χ1n) is 3.19. The van der Waals surface area contributed by atoms with Crippen LogP contribution in [0.15, 0.2) is 25.3 Å². The Balaban J connectivity index is 3.68. The molecule has 0 nitrogen and oxygen atoms in total. The third kappa shape index (κ3) is 4.01. The van der Waals surface area contributed by atoms with Crippen molar-refractivity contribution in [2.45, 2.75) is 19.8 Å². The third-order valence-electron chi connectivity index (χ3n) is 1.27. The van der Waals surface area contributed by atoms with Crippen LogP contribution < -0.4 is 0 Å². The Bertz CT molecular complexity index is 86.6. The molecule has 9 heavy (non-hydrogen) atoms. The van der Waals surface area contributed by atoms with Gasteiger partial charge in [0.1, 0.15) is 0 Å². The second-order valence-electron chi connectivity index (χ2n) is 2.80. The van der Waals surface area contributed by atoms with Gasteiger partial charge in [-0.1, -0.05) is 19.1 Å². The predicted octanol–water partition coefficient (Wildman–Crippen LogP) is 2.98. The van der Waals surface area contributed by atoms with Gasteiger partial charge in [-0.15, -0.1) is 13.2 Å². The summed E-state index contributed by atoms with van der Waals surface area (Å²) in [5, 5.41) is 0. The molecule has 0 aromatic carbocycles. The van der Waals surface area contributed by atoms with Gasteiger partial charge in [0.25, 0.3) is 0 Å². The lowest BCUT2D eigenvalue weighted by atomic mass is 9.86. The fourth-order valence-corrected chi connectivity index (χ4v) is 0.780. The van der Waals surface area contributed by atoms with Crippen molar-refractivity contribution < 1.29 is 0 Å². The van der Waals surface area contributed by atoms with Crippen LogP contribution in [0.4, 0.5) is 0 Å². The Hall–Kier alpha value is -0.520. The second kappa shape index (κ2) is 3.49. The maximum absolute atomic E-state index is 4.01. The van der Waals surface area contributed by atoms with Gasteiger partial charge >= 0.3 is 0 Å². The van der Waals surface area contributed by atoms with Gasteiger partial charge in [-0.2, -0.15) is 0 Å². The Morgan fingerprint density at radius 1 is 1.22 bits per heavy atom. The Morgan fingerprint density at radius 3 is 1.78 bits per heavy atom. The van der Waals surface area contributed by atoms with Crippen LogP contribution in [0.3, 0.4) is 0 Å². The first-order chi connectivity index (χ1) is 4.12. The monoisotopic (exact) mass is 123 g/mol. The molecule has 0 aliphatic heterocycles. The summed E-state index contributed by atoms with van der Waals surface area (Å²) in [5.41, 5.74) is 0.115. The van der Waals surface area contributed by atoms with Gasteiger partial charge in [-0.25, -0.2) is 0 Å². The van der Waals surface area contributed by atoms with Gasteiger partial charge < -0.3 is 0 Å². The lowest BCUT2D eigenvalue weighted by molar-refractivity contribution is 0.436. The van der Waals surface area contributed by atoms with Crippen molar-refractivity contribution in [3.8, 4) is 0 Å². The molecule has 1 radical (unpaired) electrons. The van der Waals surface area contributed by atoms with Crippen molar-refractivity contribution in [3.63, 3.8) is 0 Å². The van der Waals surface area contributed by atoms with E-state index in [1.807, 2.05) is 12.2 Å². The molecule has 0 aliphatic carbocycles. The fraction of sp³-hybridized carbons (Fsp3) is 0.444. The van der Waals surface area contributed by atoms with E-state index in [2.05, 4.69) is 27.0 Å². The number of rotatable bonds is 4. The van der Waals surface area contributed by atoms with E-state index < -0.39 is 0 Å². The van der Waals surface area contributed by atoms with Crippen LogP contribution in [0.25, 0.3) is 0 Å². The second-order valence-corrected chi connectivity index (χ2v) is 2.80. The minimum Gasteiger partial charge on any atom is -0.103 e. The molecule has 0 aromatic rings. The summed E-state index contributed by atoms with van der Waals surface area (Å²) in [6.45, 7) is 13.4. The average molecular weight is 123 g/mol. The van der Waals surface area contributed by atoms with Gasteiger partial charge in [-0.05, 0) is 25.2 Å². The van der Waals surface area contributed by atoms with Crippen LogP contribution in [0.5, 0.6) is 0 Å². The van der Waals surface area contributed by atoms with Crippen molar-refractivity contribution in [2.75, 3.05) is 0 Å². The zero-order valence-electron chi connectivity index (χ0n) is 6.19. The topological polar surface area (TPSA) is 0 Å². The summed E-state index contributed by atoms with van der Waals surface area (Å²) in [6, 6.07) is 0. The fourth-order valence-electron chi connectivity index (χ4n) is 0.780. The molecule has 0 unspecified atom stereocenters. The Labute approximate surface area is 58.3 Å². The van der Waals surface area contributed by atoms with E-state index in [1.165, 1.54) is 0 Å². The summed E-state index contributed by atoms with van der Waals surface area (Å²) in [6.07, 6.45) is 5.71. The van der Waals surface area contributed by atoms with Crippen LogP contribution in [0.2, 0.25) is 0 Å². The zero-order chi connectivity index (χ0) is 7.33. The van der Waals surface area contributed by atoms with Crippen LogP contribution in [-0.2, 0) is 0 Å². The summed E-state index contributed by atoms with van der Waals surface area (Å²) < 4.78 is 0. The molecule has 0 spiro atoms. The van der Waals surface area contributed by atoms with Crippen molar-refractivity contribution >= 4 is 0 Å². The molecule has 0 aromatic heterocycles. The molecule has 0 fully saturated rings. The molecule has 0 saturated carbocycles.